The molecule has 3 nitrogen and oxygen atoms in total. The highest BCUT2D eigenvalue weighted by molar-refractivity contribution is 5.39. The Morgan fingerprint density at radius 2 is 2.00 bits per heavy atom. The van der Waals surface area contributed by atoms with E-state index in [1.807, 2.05) is 0 Å². The molecule has 1 aromatic rings. The second kappa shape index (κ2) is 4.67. The number of fused-ring (bicyclic) bond motifs is 1. The number of rotatable bonds is 2. The van der Waals surface area contributed by atoms with Crippen molar-refractivity contribution in [3.63, 3.8) is 0 Å². The van der Waals surface area contributed by atoms with E-state index in [1.165, 1.54) is 31.5 Å². The van der Waals surface area contributed by atoms with Gasteiger partial charge in [0.1, 0.15) is 12.4 Å². The average molecular weight is 232 g/mol. The van der Waals surface area contributed by atoms with E-state index >= 15 is 0 Å². The Hall–Kier alpha value is -1.06. The Morgan fingerprint density at radius 3 is 2.76 bits per heavy atom. The predicted octanol–water partition coefficient (Wildman–Crippen LogP) is 1.80. The van der Waals surface area contributed by atoms with E-state index in [9.17, 15) is 0 Å². The summed E-state index contributed by atoms with van der Waals surface area (Å²) >= 11 is 0. The van der Waals surface area contributed by atoms with Crippen LogP contribution in [0.4, 0.5) is 0 Å². The average Bonchev–Trinajstić information content (AvgIpc) is 2.83. The first-order chi connectivity index (χ1) is 8.38. The van der Waals surface area contributed by atoms with Gasteiger partial charge in [0.2, 0.25) is 0 Å². The van der Waals surface area contributed by atoms with Crippen molar-refractivity contribution in [2.75, 3.05) is 26.7 Å². The monoisotopic (exact) mass is 232 g/mol. The first kappa shape index (κ1) is 11.1. The molecule has 1 atom stereocenters. The summed E-state index contributed by atoms with van der Waals surface area (Å²) in [6.07, 6.45) is 2.49. The van der Waals surface area contributed by atoms with Crippen molar-refractivity contribution in [3.05, 3.63) is 29.8 Å². The van der Waals surface area contributed by atoms with Gasteiger partial charge in [-0.05, 0) is 26.0 Å². The minimum atomic E-state index is 0.476. The van der Waals surface area contributed by atoms with Crippen molar-refractivity contribution in [1.29, 1.82) is 0 Å². The van der Waals surface area contributed by atoms with Crippen LogP contribution < -0.4 is 10.1 Å². The van der Waals surface area contributed by atoms with E-state index in [4.69, 9.17) is 4.74 Å². The normalized spacial score (nSPS) is 25.6. The summed E-state index contributed by atoms with van der Waals surface area (Å²) < 4.78 is 5.76. The van der Waals surface area contributed by atoms with Crippen molar-refractivity contribution in [2.24, 2.45) is 0 Å². The van der Waals surface area contributed by atoms with Gasteiger partial charge in [-0.1, -0.05) is 18.2 Å². The lowest BCUT2D eigenvalue weighted by molar-refractivity contribution is 0.124. The third kappa shape index (κ3) is 2.05. The highest BCUT2D eigenvalue weighted by Gasteiger charge is 2.31. The molecule has 0 saturated carbocycles. The lowest BCUT2D eigenvalue weighted by atomic mass is 10.0. The molecule has 1 aromatic carbocycles. The van der Waals surface area contributed by atoms with Gasteiger partial charge in [-0.15, -0.1) is 0 Å². The van der Waals surface area contributed by atoms with Crippen molar-refractivity contribution < 1.29 is 4.74 Å². The zero-order chi connectivity index (χ0) is 11.7. The van der Waals surface area contributed by atoms with Gasteiger partial charge >= 0.3 is 0 Å². The van der Waals surface area contributed by atoms with E-state index in [0.29, 0.717) is 12.1 Å². The van der Waals surface area contributed by atoms with E-state index in [-0.39, 0.29) is 0 Å². The van der Waals surface area contributed by atoms with Crippen LogP contribution in [0.3, 0.4) is 0 Å². The molecule has 2 aliphatic rings. The van der Waals surface area contributed by atoms with Crippen LogP contribution in [0.15, 0.2) is 24.3 Å². The molecule has 0 aromatic heterocycles. The van der Waals surface area contributed by atoms with Crippen LogP contribution in [0.1, 0.15) is 24.4 Å². The number of para-hydroxylation sites is 1. The lowest BCUT2D eigenvalue weighted by Crippen LogP contribution is -2.43. The van der Waals surface area contributed by atoms with Gasteiger partial charge in [-0.2, -0.15) is 0 Å². The Morgan fingerprint density at radius 1 is 1.24 bits per heavy atom. The smallest absolute Gasteiger partial charge is 0.124 e. The van der Waals surface area contributed by atoms with E-state index in [1.54, 1.807) is 0 Å². The number of hydrogen-bond acceptors (Lipinski definition) is 3. The second-order valence-corrected chi connectivity index (χ2v) is 4.96. The zero-order valence-corrected chi connectivity index (χ0v) is 10.4. The van der Waals surface area contributed by atoms with Gasteiger partial charge in [-0.25, -0.2) is 0 Å². The van der Waals surface area contributed by atoms with Gasteiger partial charge in [-0.3, -0.25) is 4.90 Å². The Balaban J connectivity index is 1.71. The van der Waals surface area contributed by atoms with Gasteiger partial charge in [0.15, 0.2) is 0 Å². The molecule has 1 fully saturated rings. The minimum Gasteiger partial charge on any atom is -0.491 e. The SMILES string of the molecule is CNC1CCN(C2COc3ccccc32)CC1. The second-order valence-electron chi connectivity index (χ2n) is 4.96. The third-order valence-corrected chi connectivity index (χ3v) is 4.05. The molecule has 2 heterocycles. The maximum atomic E-state index is 5.76. The third-order valence-electron chi connectivity index (χ3n) is 4.05. The fraction of sp³-hybridized carbons (Fsp3) is 0.571. The molecule has 1 N–H and O–H groups in total. The van der Waals surface area contributed by atoms with E-state index < -0.39 is 0 Å². The molecular formula is C14H20N2O. The van der Waals surface area contributed by atoms with Crippen molar-refractivity contribution in [2.45, 2.75) is 24.9 Å². The van der Waals surface area contributed by atoms with Crippen LogP contribution in [0.2, 0.25) is 0 Å². The first-order valence-corrected chi connectivity index (χ1v) is 6.51. The van der Waals surface area contributed by atoms with Crippen molar-refractivity contribution >= 4 is 0 Å². The maximum Gasteiger partial charge on any atom is 0.124 e. The molecular weight excluding hydrogens is 212 g/mol. The Kier molecular flexibility index (Phi) is 3.04. The summed E-state index contributed by atoms with van der Waals surface area (Å²) in [7, 11) is 2.06. The number of ether oxygens (including phenoxy) is 1. The maximum absolute atomic E-state index is 5.76. The highest BCUT2D eigenvalue weighted by Crippen LogP contribution is 2.36. The van der Waals surface area contributed by atoms with Crippen LogP contribution in [0, 0.1) is 0 Å². The molecule has 0 spiro atoms. The molecule has 0 amide bonds. The Bertz CT molecular complexity index is 386. The summed E-state index contributed by atoms with van der Waals surface area (Å²) in [4.78, 5) is 2.57. The summed E-state index contributed by atoms with van der Waals surface area (Å²) in [5.41, 5.74) is 1.37. The summed E-state index contributed by atoms with van der Waals surface area (Å²) in [5.74, 6) is 1.08. The lowest BCUT2D eigenvalue weighted by Gasteiger charge is -2.35. The zero-order valence-electron chi connectivity index (χ0n) is 10.4. The van der Waals surface area contributed by atoms with Crippen LogP contribution in [0.5, 0.6) is 5.75 Å². The number of nitrogens with zero attached hydrogens (tertiary/aromatic N) is 1. The predicted molar refractivity (Wildman–Crippen MR) is 68.3 cm³/mol. The van der Waals surface area contributed by atoms with Crippen molar-refractivity contribution in [1.82, 2.24) is 10.2 Å². The number of nitrogens with one attached hydrogen (secondary N) is 1. The fourth-order valence-corrected chi connectivity index (χ4v) is 2.95. The molecule has 0 aliphatic carbocycles. The van der Waals surface area contributed by atoms with Crippen LogP contribution in [-0.4, -0.2) is 37.7 Å². The first-order valence-electron chi connectivity index (χ1n) is 6.51. The van der Waals surface area contributed by atoms with Crippen LogP contribution in [-0.2, 0) is 0 Å². The van der Waals surface area contributed by atoms with Crippen molar-refractivity contribution in [3.8, 4) is 5.75 Å². The molecule has 2 aliphatic heterocycles. The van der Waals surface area contributed by atoms with Gasteiger partial charge in [0, 0.05) is 24.7 Å². The summed E-state index contributed by atoms with van der Waals surface area (Å²) in [6, 6.07) is 9.62. The largest absolute Gasteiger partial charge is 0.491 e. The molecule has 1 unspecified atom stereocenters. The fourth-order valence-electron chi connectivity index (χ4n) is 2.95. The number of piperidine rings is 1. The summed E-state index contributed by atoms with van der Waals surface area (Å²) in [6.45, 7) is 3.17. The topological polar surface area (TPSA) is 24.5 Å². The molecule has 17 heavy (non-hydrogen) atoms. The van der Waals surface area contributed by atoms with Crippen LogP contribution in [0.25, 0.3) is 0 Å². The van der Waals surface area contributed by atoms with E-state index in [0.717, 1.165) is 12.4 Å². The molecule has 3 heteroatoms. The number of benzene rings is 1. The molecule has 0 bridgehead atoms. The number of hydrogen-bond donors (Lipinski definition) is 1. The molecule has 92 valence electrons. The molecule has 3 rings (SSSR count). The molecule has 0 radical (unpaired) electrons. The number of likely N-dealkylation sites (tertiary alicyclic amines) is 1. The van der Waals surface area contributed by atoms with E-state index in [2.05, 4.69) is 41.5 Å². The quantitative estimate of drug-likeness (QED) is 0.841. The Labute approximate surface area is 103 Å². The van der Waals surface area contributed by atoms with Crippen LogP contribution >= 0.6 is 0 Å². The molecule has 1 saturated heterocycles. The highest BCUT2D eigenvalue weighted by atomic mass is 16.5. The minimum absolute atomic E-state index is 0.476. The van der Waals surface area contributed by atoms with Gasteiger partial charge < -0.3 is 10.1 Å². The summed E-state index contributed by atoms with van der Waals surface area (Å²) in [5, 5.41) is 3.38. The van der Waals surface area contributed by atoms with Gasteiger partial charge in [0.25, 0.3) is 0 Å². The standard InChI is InChI=1S/C14H20N2O/c1-15-11-6-8-16(9-7-11)13-10-17-14-5-3-2-4-12(13)14/h2-5,11,13,15H,6-10H2,1H3. The van der Waals surface area contributed by atoms with Gasteiger partial charge in [0.05, 0.1) is 6.04 Å².